The molecule has 116 valence electrons. The minimum Gasteiger partial charge on any atom is -0.451 e. The summed E-state index contributed by atoms with van der Waals surface area (Å²) in [7, 11) is 0. The van der Waals surface area contributed by atoms with Crippen LogP contribution in [0.2, 0.25) is 0 Å². The first-order valence-electron chi connectivity index (χ1n) is 7.46. The summed E-state index contributed by atoms with van der Waals surface area (Å²) in [5, 5.41) is 0.607. The number of para-hydroxylation sites is 1. The molecular formula is C20H12O4. The van der Waals surface area contributed by atoms with Gasteiger partial charge in [-0.2, -0.15) is 0 Å². The summed E-state index contributed by atoms with van der Waals surface area (Å²) in [4.78, 5) is 24.5. The number of hydrogen-bond donors (Lipinski definition) is 0. The van der Waals surface area contributed by atoms with Crippen molar-refractivity contribution in [2.75, 3.05) is 0 Å². The second-order valence-electron chi connectivity index (χ2n) is 5.32. The SMILES string of the molecule is O=C1/C(=C/C=C/c2ccccc2)Oc2c1c(=O)oc1ccccc21. The van der Waals surface area contributed by atoms with Crippen LogP contribution in [0.15, 0.2) is 81.7 Å². The van der Waals surface area contributed by atoms with Crippen molar-refractivity contribution in [3.63, 3.8) is 0 Å². The number of allylic oxidation sites excluding steroid dienone is 3. The van der Waals surface area contributed by atoms with Crippen LogP contribution in [-0.2, 0) is 0 Å². The number of ketones is 1. The summed E-state index contributed by atoms with van der Waals surface area (Å²) in [5.41, 5.74) is 0.676. The van der Waals surface area contributed by atoms with E-state index in [0.29, 0.717) is 11.0 Å². The van der Waals surface area contributed by atoms with Crippen LogP contribution in [0.5, 0.6) is 5.75 Å². The Kier molecular flexibility index (Phi) is 3.35. The Morgan fingerprint density at radius 2 is 1.62 bits per heavy atom. The van der Waals surface area contributed by atoms with Gasteiger partial charge in [-0.3, -0.25) is 4.79 Å². The van der Waals surface area contributed by atoms with Gasteiger partial charge in [0, 0.05) is 0 Å². The molecule has 3 aromatic rings. The molecule has 24 heavy (non-hydrogen) atoms. The van der Waals surface area contributed by atoms with Crippen LogP contribution in [0.1, 0.15) is 15.9 Å². The zero-order chi connectivity index (χ0) is 16.5. The van der Waals surface area contributed by atoms with E-state index in [4.69, 9.17) is 9.15 Å². The molecule has 2 aromatic carbocycles. The summed E-state index contributed by atoms with van der Waals surface area (Å²) >= 11 is 0. The first kappa shape index (κ1) is 14.2. The highest BCUT2D eigenvalue weighted by atomic mass is 16.5. The highest BCUT2D eigenvalue weighted by Gasteiger charge is 2.33. The van der Waals surface area contributed by atoms with E-state index in [9.17, 15) is 9.59 Å². The summed E-state index contributed by atoms with van der Waals surface area (Å²) in [6, 6.07) is 16.7. The lowest BCUT2D eigenvalue weighted by Crippen LogP contribution is -2.10. The summed E-state index contributed by atoms with van der Waals surface area (Å²) < 4.78 is 10.8. The monoisotopic (exact) mass is 316 g/mol. The molecule has 0 N–H and O–H groups in total. The Morgan fingerprint density at radius 3 is 2.46 bits per heavy atom. The van der Waals surface area contributed by atoms with E-state index >= 15 is 0 Å². The van der Waals surface area contributed by atoms with Gasteiger partial charge in [-0.05, 0) is 23.8 Å². The van der Waals surface area contributed by atoms with Crippen molar-refractivity contribution in [2.45, 2.75) is 0 Å². The van der Waals surface area contributed by atoms with Gasteiger partial charge < -0.3 is 9.15 Å². The molecule has 0 radical (unpaired) electrons. The van der Waals surface area contributed by atoms with Crippen LogP contribution in [0.25, 0.3) is 17.0 Å². The molecule has 0 aliphatic carbocycles. The van der Waals surface area contributed by atoms with Crippen molar-refractivity contribution >= 4 is 22.8 Å². The zero-order valence-corrected chi connectivity index (χ0v) is 12.6. The van der Waals surface area contributed by atoms with Crippen LogP contribution < -0.4 is 10.4 Å². The third kappa shape index (κ3) is 2.34. The minimum absolute atomic E-state index is 0.0481. The van der Waals surface area contributed by atoms with Crippen LogP contribution in [0.4, 0.5) is 0 Å². The first-order valence-corrected chi connectivity index (χ1v) is 7.46. The molecule has 1 aromatic heterocycles. The summed E-state index contributed by atoms with van der Waals surface area (Å²) in [6.45, 7) is 0. The molecule has 0 spiro atoms. The van der Waals surface area contributed by atoms with Crippen molar-refractivity contribution in [2.24, 2.45) is 0 Å². The Morgan fingerprint density at radius 1 is 0.875 bits per heavy atom. The third-order valence-corrected chi connectivity index (χ3v) is 3.76. The molecule has 1 aliphatic heterocycles. The van der Waals surface area contributed by atoms with Gasteiger partial charge in [0.25, 0.3) is 0 Å². The fourth-order valence-corrected chi connectivity index (χ4v) is 2.62. The van der Waals surface area contributed by atoms with E-state index in [2.05, 4.69) is 0 Å². The van der Waals surface area contributed by atoms with Crippen LogP contribution in [0, 0.1) is 0 Å². The second-order valence-corrected chi connectivity index (χ2v) is 5.32. The molecule has 4 rings (SSSR count). The smallest absolute Gasteiger partial charge is 0.351 e. The lowest BCUT2D eigenvalue weighted by Gasteiger charge is -2.01. The fraction of sp³-hybridized carbons (Fsp3) is 0. The third-order valence-electron chi connectivity index (χ3n) is 3.76. The molecule has 0 saturated carbocycles. The van der Waals surface area contributed by atoms with Crippen molar-refractivity contribution in [1.82, 2.24) is 0 Å². The summed E-state index contributed by atoms with van der Waals surface area (Å²) in [5.74, 6) is -0.0748. The number of Topliss-reactive ketones (excluding diaryl/α,β-unsaturated/α-hetero) is 1. The lowest BCUT2D eigenvalue weighted by atomic mass is 10.1. The number of hydrogen-bond acceptors (Lipinski definition) is 4. The van der Waals surface area contributed by atoms with Gasteiger partial charge in [-0.15, -0.1) is 0 Å². The van der Waals surface area contributed by atoms with E-state index in [1.807, 2.05) is 36.4 Å². The van der Waals surface area contributed by atoms with Gasteiger partial charge in [-0.25, -0.2) is 4.79 Å². The second kappa shape index (κ2) is 5.66. The molecule has 0 bridgehead atoms. The standard InChI is InChI=1S/C20H12O4/c21-18-16(12-6-9-13-7-2-1-3-8-13)23-19-14-10-4-5-11-15(14)24-20(22)17(18)19/h1-12H/b9-6+,16-12-. The molecule has 4 heteroatoms. The highest BCUT2D eigenvalue weighted by molar-refractivity contribution is 6.14. The van der Waals surface area contributed by atoms with Crippen LogP contribution >= 0.6 is 0 Å². The average molecular weight is 316 g/mol. The molecule has 4 nitrogen and oxygen atoms in total. The zero-order valence-electron chi connectivity index (χ0n) is 12.6. The molecule has 0 unspecified atom stereocenters. The van der Waals surface area contributed by atoms with Crippen LogP contribution in [-0.4, -0.2) is 5.78 Å². The maximum atomic E-state index is 12.4. The maximum Gasteiger partial charge on any atom is 0.351 e. The molecule has 0 fully saturated rings. The number of rotatable bonds is 2. The lowest BCUT2D eigenvalue weighted by molar-refractivity contribution is 0.101. The van der Waals surface area contributed by atoms with E-state index in [1.165, 1.54) is 0 Å². The van der Waals surface area contributed by atoms with Crippen molar-refractivity contribution < 1.29 is 13.9 Å². The maximum absolute atomic E-state index is 12.4. The van der Waals surface area contributed by atoms with Gasteiger partial charge in [0.05, 0.1) is 5.39 Å². The van der Waals surface area contributed by atoms with Crippen molar-refractivity contribution in [3.05, 3.63) is 94.1 Å². The Hall–Kier alpha value is -3.40. The molecule has 2 heterocycles. The highest BCUT2D eigenvalue weighted by Crippen LogP contribution is 2.35. The number of benzene rings is 2. The van der Waals surface area contributed by atoms with Crippen LogP contribution in [0.3, 0.4) is 0 Å². The van der Waals surface area contributed by atoms with Gasteiger partial charge in [0.2, 0.25) is 5.78 Å². The molecule has 0 amide bonds. The van der Waals surface area contributed by atoms with Gasteiger partial charge in [0.1, 0.15) is 5.58 Å². The van der Waals surface area contributed by atoms with E-state index in [0.717, 1.165) is 5.56 Å². The number of ether oxygens (including phenoxy) is 1. The van der Waals surface area contributed by atoms with Gasteiger partial charge >= 0.3 is 5.63 Å². The largest absolute Gasteiger partial charge is 0.451 e. The first-order chi connectivity index (χ1) is 11.7. The topological polar surface area (TPSA) is 56.5 Å². The van der Waals surface area contributed by atoms with Gasteiger partial charge in [0.15, 0.2) is 17.1 Å². The Labute approximate surface area is 137 Å². The van der Waals surface area contributed by atoms with E-state index in [1.54, 1.807) is 36.4 Å². The van der Waals surface area contributed by atoms with E-state index in [-0.39, 0.29) is 17.1 Å². The molecular weight excluding hydrogens is 304 g/mol. The van der Waals surface area contributed by atoms with Crippen molar-refractivity contribution in [3.8, 4) is 5.75 Å². The Balaban J connectivity index is 1.74. The van der Waals surface area contributed by atoms with E-state index < -0.39 is 11.4 Å². The normalized spacial score (nSPS) is 15.2. The predicted octanol–water partition coefficient (Wildman–Crippen LogP) is 3.97. The van der Waals surface area contributed by atoms with Gasteiger partial charge in [-0.1, -0.05) is 54.6 Å². The molecule has 0 atom stereocenters. The number of fused-ring (bicyclic) bond motifs is 3. The summed E-state index contributed by atoms with van der Waals surface area (Å²) in [6.07, 6.45) is 5.13. The number of carbonyl (C=O) groups excluding carboxylic acids is 1. The minimum atomic E-state index is -0.677. The molecule has 1 aliphatic rings. The predicted molar refractivity (Wildman–Crippen MR) is 91.0 cm³/mol. The Bertz CT molecular complexity index is 1060. The van der Waals surface area contributed by atoms with Crippen molar-refractivity contribution in [1.29, 1.82) is 0 Å². The fourth-order valence-electron chi connectivity index (χ4n) is 2.62. The average Bonchev–Trinajstić information content (AvgIpc) is 2.94. The molecule has 0 saturated heterocycles. The number of carbonyl (C=O) groups is 1. The quantitative estimate of drug-likeness (QED) is 0.530.